The number of amides is 1. The summed E-state index contributed by atoms with van der Waals surface area (Å²) in [6.07, 6.45) is 1.91. The molecule has 0 aliphatic rings. The number of ether oxygens (including phenoxy) is 1. The molecule has 4 nitrogen and oxygen atoms in total. The molecule has 4 aromatic rings. The first kappa shape index (κ1) is 18.3. The molecular formula is C23H21NO3S. The number of furan rings is 1. The normalized spacial score (nSPS) is 12.1. The van der Waals surface area contributed by atoms with Crippen molar-refractivity contribution in [3.05, 3.63) is 87.8 Å². The predicted molar refractivity (Wildman–Crippen MR) is 112 cm³/mol. The van der Waals surface area contributed by atoms with Crippen LogP contribution in [-0.4, -0.2) is 13.0 Å². The third kappa shape index (κ3) is 3.80. The van der Waals surface area contributed by atoms with E-state index < -0.39 is 0 Å². The number of methoxy groups -OCH3 is 1. The zero-order chi connectivity index (χ0) is 19.5. The van der Waals surface area contributed by atoms with Crippen molar-refractivity contribution in [3.63, 3.8) is 0 Å². The lowest BCUT2D eigenvalue weighted by atomic mass is 10.0. The predicted octanol–water partition coefficient (Wildman–Crippen LogP) is 5.26. The van der Waals surface area contributed by atoms with Crippen molar-refractivity contribution in [2.45, 2.75) is 19.4 Å². The topological polar surface area (TPSA) is 51.5 Å². The second kappa shape index (κ2) is 7.90. The van der Waals surface area contributed by atoms with Gasteiger partial charge in [-0.1, -0.05) is 35.9 Å². The molecule has 2 aromatic heterocycles. The number of thiophene rings is 1. The highest BCUT2D eigenvalue weighted by Crippen LogP contribution is 2.28. The number of carbonyl (C=O) groups excluding carboxylic acids is 1. The van der Waals surface area contributed by atoms with Crippen LogP contribution in [0.1, 0.15) is 27.6 Å². The Bertz CT molecular complexity index is 1080. The van der Waals surface area contributed by atoms with E-state index in [0.717, 1.165) is 32.7 Å². The molecule has 5 heteroatoms. The molecule has 0 spiro atoms. The van der Waals surface area contributed by atoms with Gasteiger partial charge in [0, 0.05) is 21.9 Å². The fourth-order valence-electron chi connectivity index (χ4n) is 3.25. The lowest BCUT2D eigenvalue weighted by Gasteiger charge is -2.18. The van der Waals surface area contributed by atoms with Crippen LogP contribution in [0.3, 0.4) is 0 Å². The van der Waals surface area contributed by atoms with Gasteiger partial charge < -0.3 is 14.5 Å². The van der Waals surface area contributed by atoms with E-state index in [1.165, 1.54) is 5.56 Å². The highest BCUT2D eigenvalue weighted by atomic mass is 32.1. The van der Waals surface area contributed by atoms with Gasteiger partial charge in [-0.2, -0.15) is 0 Å². The van der Waals surface area contributed by atoms with Gasteiger partial charge in [-0.05, 0) is 36.1 Å². The highest BCUT2D eigenvalue weighted by molar-refractivity contribution is 7.10. The molecule has 1 amide bonds. The first-order valence-corrected chi connectivity index (χ1v) is 9.95. The number of nitrogens with one attached hydrogen (secondary N) is 1. The van der Waals surface area contributed by atoms with Crippen molar-refractivity contribution in [3.8, 4) is 5.75 Å². The second-order valence-electron chi connectivity index (χ2n) is 6.73. The standard InChI is InChI=1S/C23H21NO3S/c1-15-5-7-16(8-6-15)23(21-4-3-11-28-21)24-22(25)12-17-14-27-20-13-18(26-2)9-10-19(17)20/h3-11,13-14,23H,12H2,1-2H3,(H,24,25). The number of rotatable bonds is 6. The molecule has 0 fully saturated rings. The third-order valence-corrected chi connectivity index (χ3v) is 5.69. The van der Waals surface area contributed by atoms with E-state index in [2.05, 4.69) is 42.6 Å². The van der Waals surface area contributed by atoms with Gasteiger partial charge in [0.2, 0.25) is 5.91 Å². The smallest absolute Gasteiger partial charge is 0.225 e. The maximum absolute atomic E-state index is 12.9. The van der Waals surface area contributed by atoms with E-state index in [1.54, 1.807) is 24.7 Å². The first-order chi connectivity index (χ1) is 13.6. The van der Waals surface area contributed by atoms with E-state index in [-0.39, 0.29) is 18.4 Å². The number of hydrogen-bond acceptors (Lipinski definition) is 4. The molecule has 142 valence electrons. The Morgan fingerprint density at radius 3 is 2.71 bits per heavy atom. The van der Waals surface area contributed by atoms with Gasteiger partial charge in [0.25, 0.3) is 0 Å². The van der Waals surface area contributed by atoms with Gasteiger partial charge in [0.1, 0.15) is 11.3 Å². The number of aryl methyl sites for hydroxylation is 1. The van der Waals surface area contributed by atoms with Crippen LogP contribution < -0.4 is 10.1 Å². The summed E-state index contributed by atoms with van der Waals surface area (Å²) in [6, 6.07) is 17.8. The Hall–Kier alpha value is -3.05. The molecule has 0 saturated heterocycles. The van der Waals surface area contributed by atoms with E-state index in [1.807, 2.05) is 29.6 Å². The quantitative estimate of drug-likeness (QED) is 0.488. The Balaban J connectivity index is 1.56. The van der Waals surface area contributed by atoms with Gasteiger partial charge in [-0.15, -0.1) is 11.3 Å². The van der Waals surface area contributed by atoms with Crippen LogP contribution in [-0.2, 0) is 11.2 Å². The zero-order valence-corrected chi connectivity index (χ0v) is 16.6. The average Bonchev–Trinajstić information content (AvgIpc) is 3.37. The summed E-state index contributed by atoms with van der Waals surface area (Å²) in [6.45, 7) is 2.06. The van der Waals surface area contributed by atoms with Crippen LogP contribution >= 0.6 is 11.3 Å². The van der Waals surface area contributed by atoms with Crippen LogP contribution in [0, 0.1) is 6.92 Å². The molecule has 4 rings (SSSR count). The molecule has 28 heavy (non-hydrogen) atoms. The Morgan fingerprint density at radius 1 is 1.18 bits per heavy atom. The second-order valence-corrected chi connectivity index (χ2v) is 7.71. The Labute approximate surface area is 167 Å². The molecule has 2 aromatic carbocycles. The summed E-state index contributed by atoms with van der Waals surface area (Å²) in [5, 5.41) is 6.14. The van der Waals surface area contributed by atoms with Crippen molar-refractivity contribution < 1.29 is 13.9 Å². The maximum Gasteiger partial charge on any atom is 0.225 e. The van der Waals surface area contributed by atoms with Crippen molar-refractivity contribution in [1.82, 2.24) is 5.32 Å². The Morgan fingerprint density at radius 2 is 2.00 bits per heavy atom. The zero-order valence-electron chi connectivity index (χ0n) is 15.8. The summed E-state index contributed by atoms with van der Waals surface area (Å²) < 4.78 is 10.8. The van der Waals surface area contributed by atoms with E-state index >= 15 is 0 Å². The van der Waals surface area contributed by atoms with Crippen molar-refractivity contribution in [2.24, 2.45) is 0 Å². The number of carbonyl (C=O) groups is 1. The number of benzene rings is 2. The molecule has 2 heterocycles. The summed E-state index contributed by atoms with van der Waals surface area (Å²) in [7, 11) is 1.62. The maximum atomic E-state index is 12.9. The van der Waals surface area contributed by atoms with Crippen molar-refractivity contribution in [2.75, 3.05) is 7.11 Å². The molecule has 1 atom stereocenters. The van der Waals surface area contributed by atoms with Crippen LogP contribution in [0.5, 0.6) is 5.75 Å². The largest absolute Gasteiger partial charge is 0.497 e. The minimum Gasteiger partial charge on any atom is -0.497 e. The minimum atomic E-state index is -0.161. The lowest BCUT2D eigenvalue weighted by Crippen LogP contribution is -2.30. The highest BCUT2D eigenvalue weighted by Gasteiger charge is 2.19. The first-order valence-electron chi connectivity index (χ1n) is 9.07. The van der Waals surface area contributed by atoms with Gasteiger partial charge in [0.15, 0.2) is 0 Å². The molecule has 0 aliphatic heterocycles. The van der Waals surface area contributed by atoms with Crippen molar-refractivity contribution in [1.29, 1.82) is 0 Å². The average molecular weight is 391 g/mol. The minimum absolute atomic E-state index is 0.0440. The van der Waals surface area contributed by atoms with Crippen LogP contribution in [0.2, 0.25) is 0 Å². The molecule has 0 saturated carbocycles. The fourth-order valence-corrected chi connectivity index (χ4v) is 4.05. The molecule has 1 unspecified atom stereocenters. The van der Waals surface area contributed by atoms with Gasteiger partial charge in [-0.25, -0.2) is 0 Å². The number of fused-ring (bicyclic) bond motifs is 1. The van der Waals surface area contributed by atoms with Gasteiger partial charge in [-0.3, -0.25) is 4.79 Å². The van der Waals surface area contributed by atoms with E-state index in [4.69, 9.17) is 9.15 Å². The monoisotopic (exact) mass is 391 g/mol. The van der Waals surface area contributed by atoms with Crippen LogP contribution in [0.4, 0.5) is 0 Å². The van der Waals surface area contributed by atoms with Crippen LogP contribution in [0.25, 0.3) is 11.0 Å². The van der Waals surface area contributed by atoms with E-state index in [9.17, 15) is 4.79 Å². The summed E-state index contributed by atoms with van der Waals surface area (Å²) in [5.74, 6) is 0.687. The molecule has 0 bridgehead atoms. The van der Waals surface area contributed by atoms with E-state index in [0.29, 0.717) is 0 Å². The lowest BCUT2D eigenvalue weighted by molar-refractivity contribution is -0.120. The third-order valence-electron chi connectivity index (χ3n) is 4.76. The molecule has 0 radical (unpaired) electrons. The van der Waals surface area contributed by atoms with Crippen molar-refractivity contribution >= 4 is 28.2 Å². The fraction of sp³-hybridized carbons (Fsp3) is 0.174. The molecular weight excluding hydrogens is 370 g/mol. The number of hydrogen-bond donors (Lipinski definition) is 1. The summed E-state index contributed by atoms with van der Waals surface area (Å²) in [4.78, 5) is 14.0. The Kier molecular flexibility index (Phi) is 5.17. The van der Waals surface area contributed by atoms with Gasteiger partial charge in [0.05, 0.1) is 25.8 Å². The summed E-state index contributed by atoms with van der Waals surface area (Å²) >= 11 is 1.64. The van der Waals surface area contributed by atoms with Gasteiger partial charge >= 0.3 is 0 Å². The molecule has 0 aliphatic carbocycles. The summed E-state index contributed by atoms with van der Waals surface area (Å²) in [5.41, 5.74) is 3.85. The van der Waals surface area contributed by atoms with Crippen LogP contribution in [0.15, 0.2) is 70.7 Å². The molecule has 1 N–H and O–H groups in total. The SMILES string of the molecule is COc1ccc2c(CC(=O)NC(c3ccc(C)cc3)c3cccs3)coc2c1.